The van der Waals surface area contributed by atoms with E-state index in [0.717, 1.165) is 61.2 Å². The highest BCUT2D eigenvalue weighted by molar-refractivity contribution is 5.80. The summed E-state index contributed by atoms with van der Waals surface area (Å²) in [4.78, 5) is 9.58. The van der Waals surface area contributed by atoms with Crippen molar-refractivity contribution in [2.75, 3.05) is 0 Å². The van der Waals surface area contributed by atoms with Crippen LogP contribution >= 0.6 is 0 Å². The highest BCUT2D eigenvalue weighted by Crippen LogP contribution is 2.68. The molecule has 0 saturated heterocycles. The van der Waals surface area contributed by atoms with Gasteiger partial charge in [-0.15, -0.1) is 0 Å². The topological polar surface area (TPSA) is 66.2 Å². The lowest BCUT2D eigenvalue weighted by Crippen LogP contribution is -2.58. The molecule has 6 rings (SSSR count). The molecule has 0 radical (unpaired) electrons. The van der Waals surface area contributed by atoms with Crippen LogP contribution in [0.4, 0.5) is 0 Å². The van der Waals surface area contributed by atoms with Crippen LogP contribution in [0.15, 0.2) is 24.4 Å². The summed E-state index contributed by atoms with van der Waals surface area (Å²) in [6.45, 7) is 9.50. The molecular formula is C32H46N2O2. The van der Waals surface area contributed by atoms with Gasteiger partial charge < -0.3 is 10.2 Å². The molecule has 4 heteroatoms. The van der Waals surface area contributed by atoms with Gasteiger partial charge in [0.2, 0.25) is 0 Å². The lowest BCUT2D eigenvalue weighted by atomic mass is 9.43. The molecule has 4 aliphatic carbocycles. The van der Waals surface area contributed by atoms with Gasteiger partial charge in [-0.1, -0.05) is 32.9 Å². The average Bonchev–Trinajstić information content (AvgIpc) is 3.22. The van der Waals surface area contributed by atoms with Crippen molar-refractivity contribution >= 4 is 10.9 Å². The smallest absolute Gasteiger partial charge is 0.128 e. The second-order valence-corrected chi connectivity index (χ2v) is 13.7. The molecule has 4 saturated carbocycles. The molecule has 0 spiro atoms. The maximum Gasteiger partial charge on any atom is 0.128 e. The average molecular weight is 491 g/mol. The van der Waals surface area contributed by atoms with Gasteiger partial charge in [0.05, 0.1) is 17.7 Å². The largest absolute Gasteiger partial charge is 0.393 e. The fourth-order valence-corrected chi connectivity index (χ4v) is 10.1. The third kappa shape index (κ3) is 3.76. The Morgan fingerprint density at radius 3 is 2.69 bits per heavy atom. The Kier molecular flexibility index (Phi) is 6.23. The van der Waals surface area contributed by atoms with E-state index in [-0.39, 0.29) is 17.6 Å². The van der Waals surface area contributed by atoms with E-state index < -0.39 is 0 Å². The number of aromatic nitrogens is 2. The zero-order valence-corrected chi connectivity index (χ0v) is 22.8. The van der Waals surface area contributed by atoms with Crippen LogP contribution in [0.25, 0.3) is 10.9 Å². The van der Waals surface area contributed by atoms with Gasteiger partial charge in [-0.3, -0.25) is 0 Å². The predicted molar refractivity (Wildman–Crippen MR) is 144 cm³/mol. The van der Waals surface area contributed by atoms with Crippen molar-refractivity contribution in [1.29, 1.82) is 0 Å². The van der Waals surface area contributed by atoms with Crippen molar-refractivity contribution < 1.29 is 10.2 Å². The van der Waals surface area contributed by atoms with E-state index in [0.29, 0.717) is 35.0 Å². The second kappa shape index (κ2) is 9.05. The molecule has 1 aromatic heterocycles. The van der Waals surface area contributed by atoms with Gasteiger partial charge in [-0.25, -0.2) is 9.97 Å². The van der Waals surface area contributed by atoms with Crippen molar-refractivity contribution in [2.45, 2.75) is 104 Å². The fourth-order valence-electron chi connectivity index (χ4n) is 10.1. The Morgan fingerprint density at radius 1 is 1.03 bits per heavy atom. The molecule has 4 aliphatic rings. The Balaban J connectivity index is 1.18. The summed E-state index contributed by atoms with van der Waals surface area (Å²) in [5, 5.41) is 23.3. The van der Waals surface area contributed by atoms with Crippen molar-refractivity contribution in [2.24, 2.45) is 46.3 Å². The first-order valence-electron chi connectivity index (χ1n) is 14.8. The first kappa shape index (κ1) is 24.8. The van der Waals surface area contributed by atoms with E-state index in [4.69, 9.17) is 9.97 Å². The van der Waals surface area contributed by atoms with E-state index in [1.54, 1.807) is 0 Å². The molecule has 36 heavy (non-hydrogen) atoms. The van der Waals surface area contributed by atoms with Crippen LogP contribution in [0.1, 0.15) is 89.9 Å². The van der Waals surface area contributed by atoms with Crippen LogP contribution in [0.3, 0.4) is 0 Å². The minimum absolute atomic E-state index is 0.0271. The second-order valence-electron chi connectivity index (χ2n) is 13.7. The molecule has 0 amide bonds. The van der Waals surface area contributed by atoms with Gasteiger partial charge in [0.25, 0.3) is 0 Å². The maximum atomic E-state index is 11.8. The number of fused-ring (bicyclic) bond motifs is 6. The van der Waals surface area contributed by atoms with Crippen LogP contribution in [0.2, 0.25) is 0 Å². The number of nitrogens with zero attached hydrogens (tertiary/aromatic N) is 2. The quantitative estimate of drug-likeness (QED) is 0.513. The first-order chi connectivity index (χ1) is 17.2. The van der Waals surface area contributed by atoms with Gasteiger partial charge in [-0.05, 0) is 123 Å². The van der Waals surface area contributed by atoms with Crippen LogP contribution < -0.4 is 0 Å². The molecule has 1 unspecified atom stereocenters. The van der Waals surface area contributed by atoms with Crippen molar-refractivity contribution in [3.05, 3.63) is 35.8 Å². The Hall–Kier alpha value is -1.52. The Morgan fingerprint density at radius 2 is 1.86 bits per heavy atom. The number of hydrogen-bond acceptors (Lipinski definition) is 4. The minimum atomic E-state index is -0.207. The molecule has 10 atom stereocenters. The summed E-state index contributed by atoms with van der Waals surface area (Å²) in [6, 6.07) is 6.30. The molecule has 4 fully saturated rings. The summed E-state index contributed by atoms with van der Waals surface area (Å²) >= 11 is 0. The summed E-state index contributed by atoms with van der Waals surface area (Å²) in [5.41, 5.74) is 2.61. The van der Waals surface area contributed by atoms with E-state index in [9.17, 15) is 10.2 Å². The van der Waals surface area contributed by atoms with E-state index in [1.807, 2.05) is 6.20 Å². The standard InChI is InChI=1S/C32H46N2O2/c1-19-6-5-7-28-24(19)18-33-30(34-28)13-8-20(2)25-11-12-26-23-10-9-21-16-22(35)14-15-31(21,3)27(23)17-29(36)32(25,26)4/h5-7,18,20-23,25-27,29,35-36H,8-17H2,1-4H3/t20-,21-,22-,23+,25-,26+,27?,29+,31+,32-/m1/s1. The van der Waals surface area contributed by atoms with E-state index in [2.05, 4.69) is 45.9 Å². The van der Waals surface area contributed by atoms with Crippen LogP contribution in [0, 0.1) is 53.3 Å². The van der Waals surface area contributed by atoms with Crippen LogP contribution in [-0.4, -0.2) is 32.4 Å². The highest BCUT2D eigenvalue weighted by Gasteiger charge is 2.63. The number of aryl methyl sites for hydroxylation is 2. The lowest BCUT2D eigenvalue weighted by molar-refractivity contribution is -0.174. The van der Waals surface area contributed by atoms with E-state index in [1.165, 1.54) is 31.2 Å². The zero-order valence-electron chi connectivity index (χ0n) is 22.8. The minimum Gasteiger partial charge on any atom is -0.393 e. The summed E-state index contributed by atoms with van der Waals surface area (Å²) in [5.74, 6) is 4.73. The molecule has 4 nitrogen and oxygen atoms in total. The maximum absolute atomic E-state index is 11.8. The molecule has 1 heterocycles. The number of aliphatic hydroxyl groups is 2. The summed E-state index contributed by atoms with van der Waals surface area (Å²) in [7, 11) is 0. The molecule has 196 valence electrons. The van der Waals surface area contributed by atoms with Crippen LogP contribution in [-0.2, 0) is 6.42 Å². The fraction of sp³-hybridized carbons (Fsp3) is 0.750. The lowest BCUT2D eigenvalue weighted by Gasteiger charge is -2.62. The van der Waals surface area contributed by atoms with E-state index >= 15 is 0 Å². The third-order valence-electron chi connectivity index (χ3n) is 12.2. The van der Waals surface area contributed by atoms with Gasteiger partial charge in [-0.2, -0.15) is 0 Å². The summed E-state index contributed by atoms with van der Waals surface area (Å²) in [6.07, 6.45) is 12.8. The van der Waals surface area contributed by atoms with Gasteiger partial charge in [0.1, 0.15) is 5.82 Å². The predicted octanol–water partition coefficient (Wildman–Crippen LogP) is 6.50. The van der Waals surface area contributed by atoms with Crippen molar-refractivity contribution in [3.8, 4) is 0 Å². The Labute approximate surface area is 217 Å². The van der Waals surface area contributed by atoms with Crippen LogP contribution in [0.5, 0.6) is 0 Å². The number of hydrogen-bond donors (Lipinski definition) is 2. The van der Waals surface area contributed by atoms with Crippen molar-refractivity contribution in [3.63, 3.8) is 0 Å². The summed E-state index contributed by atoms with van der Waals surface area (Å²) < 4.78 is 0. The molecule has 0 bridgehead atoms. The monoisotopic (exact) mass is 490 g/mol. The normalized spacial score (nSPS) is 43.0. The zero-order chi connectivity index (χ0) is 25.2. The molecule has 2 N–H and O–H groups in total. The van der Waals surface area contributed by atoms with Gasteiger partial charge >= 0.3 is 0 Å². The van der Waals surface area contributed by atoms with Gasteiger partial charge in [0.15, 0.2) is 0 Å². The SMILES string of the molecule is Cc1cccc2nc(CC[C@@H](C)[C@H]3CC[C@H]4[C@@H]5CC[C@@H]6C[C@H](O)CC[C@]6(C)C5C[C@H](O)[C@]34C)ncc12. The molecule has 0 aliphatic heterocycles. The Bertz CT molecular complexity index is 1120. The number of aliphatic hydroxyl groups excluding tert-OH is 2. The van der Waals surface area contributed by atoms with Crippen molar-refractivity contribution in [1.82, 2.24) is 9.97 Å². The molecule has 1 aromatic carbocycles. The highest BCUT2D eigenvalue weighted by atomic mass is 16.3. The number of benzene rings is 1. The molecule has 2 aromatic rings. The number of rotatable bonds is 4. The third-order valence-corrected chi connectivity index (χ3v) is 12.2. The van der Waals surface area contributed by atoms with Gasteiger partial charge in [0, 0.05) is 18.0 Å². The molecular weight excluding hydrogens is 444 g/mol. The first-order valence-corrected chi connectivity index (χ1v) is 14.8.